The Kier molecular flexibility index (Phi) is 6.25. The molecule has 1 aliphatic rings. The second-order valence-electron chi connectivity index (χ2n) is 8.75. The first-order valence-electron chi connectivity index (χ1n) is 10.5. The summed E-state index contributed by atoms with van der Waals surface area (Å²) in [7, 11) is 0. The van der Waals surface area contributed by atoms with Crippen LogP contribution in [0.2, 0.25) is 0 Å². The lowest BCUT2D eigenvalue weighted by molar-refractivity contribution is -0.137. The van der Waals surface area contributed by atoms with Crippen LogP contribution < -0.4 is 0 Å². The van der Waals surface area contributed by atoms with Crippen LogP contribution >= 0.6 is 0 Å². The van der Waals surface area contributed by atoms with E-state index in [-0.39, 0.29) is 5.69 Å². The lowest BCUT2D eigenvalue weighted by Gasteiger charge is -2.21. The number of para-hydroxylation sites is 1. The molecule has 0 radical (unpaired) electrons. The Morgan fingerprint density at radius 2 is 1.55 bits per heavy atom. The third-order valence-electron chi connectivity index (χ3n) is 7.22. The van der Waals surface area contributed by atoms with Crippen molar-refractivity contribution >= 4 is 11.4 Å². The van der Waals surface area contributed by atoms with Gasteiger partial charge in [-0.3, -0.25) is 4.99 Å². The molecule has 0 amide bonds. The van der Waals surface area contributed by atoms with Crippen LogP contribution in [0.25, 0.3) is 0 Å². The molecule has 0 aliphatic heterocycles. The fraction of sp³-hybridized carbons (Fsp3) is 0.542. The lowest BCUT2D eigenvalue weighted by atomic mass is 9.85. The first kappa shape index (κ1) is 21.7. The minimum atomic E-state index is -4.41. The standard InChI is InChI=1S/C24H31F3N2/c1-14-15(2)17(4)20(16(14)3)12-10-19-11-13-22(29-19)18(5)28-23-9-7-6-8-21(23)24(25,26)27/h6-9,11,13-17,20,29H,10,12H2,1-5H3. The van der Waals surface area contributed by atoms with Crippen molar-refractivity contribution in [2.24, 2.45) is 34.6 Å². The molecular weight excluding hydrogens is 373 g/mol. The van der Waals surface area contributed by atoms with Crippen molar-refractivity contribution < 1.29 is 13.2 Å². The van der Waals surface area contributed by atoms with Crippen LogP contribution in [-0.2, 0) is 12.6 Å². The van der Waals surface area contributed by atoms with Gasteiger partial charge in [0, 0.05) is 5.69 Å². The minimum absolute atomic E-state index is 0.0507. The normalized spacial score (nSPS) is 28.1. The Morgan fingerprint density at radius 3 is 2.17 bits per heavy atom. The third-order valence-corrected chi connectivity index (χ3v) is 7.22. The zero-order valence-electron chi connectivity index (χ0n) is 17.8. The van der Waals surface area contributed by atoms with Gasteiger partial charge in [0.15, 0.2) is 0 Å². The molecule has 0 spiro atoms. The summed E-state index contributed by atoms with van der Waals surface area (Å²) in [5.41, 5.74) is 1.68. The van der Waals surface area contributed by atoms with Crippen molar-refractivity contribution in [1.82, 2.24) is 4.98 Å². The van der Waals surface area contributed by atoms with Gasteiger partial charge in [0.2, 0.25) is 0 Å². The average Bonchev–Trinajstić information content (AvgIpc) is 3.21. The van der Waals surface area contributed by atoms with Gasteiger partial charge < -0.3 is 4.98 Å². The molecule has 4 atom stereocenters. The minimum Gasteiger partial charge on any atom is -0.357 e. The predicted octanol–water partition coefficient (Wildman–Crippen LogP) is 7.28. The molecule has 1 heterocycles. The van der Waals surface area contributed by atoms with Crippen LogP contribution in [-0.4, -0.2) is 10.7 Å². The summed E-state index contributed by atoms with van der Waals surface area (Å²) in [6.07, 6.45) is -2.33. The second kappa shape index (κ2) is 8.37. The molecular formula is C24H31F3N2. The molecule has 0 bridgehead atoms. The van der Waals surface area contributed by atoms with Crippen LogP contribution in [0.15, 0.2) is 41.4 Å². The van der Waals surface area contributed by atoms with Crippen molar-refractivity contribution in [3.63, 3.8) is 0 Å². The maximum atomic E-state index is 13.2. The van der Waals surface area contributed by atoms with E-state index >= 15 is 0 Å². The summed E-state index contributed by atoms with van der Waals surface area (Å²) >= 11 is 0. The van der Waals surface area contributed by atoms with Gasteiger partial charge in [-0.1, -0.05) is 39.8 Å². The molecule has 3 rings (SSSR count). The quantitative estimate of drug-likeness (QED) is 0.507. The molecule has 5 heteroatoms. The van der Waals surface area contributed by atoms with Crippen LogP contribution in [0.3, 0.4) is 0 Å². The Bertz CT molecular complexity index is 851. The first-order valence-corrected chi connectivity index (χ1v) is 10.5. The number of hydrogen-bond acceptors (Lipinski definition) is 1. The van der Waals surface area contributed by atoms with Gasteiger partial charge in [0.05, 0.1) is 22.7 Å². The van der Waals surface area contributed by atoms with Crippen molar-refractivity contribution in [3.8, 4) is 0 Å². The van der Waals surface area contributed by atoms with Gasteiger partial charge in [0.1, 0.15) is 0 Å². The van der Waals surface area contributed by atoms with E-state index in [4.69, 9.17) is 0 Å². The fourth-order valence-electron chi connectivity index (χ4n) is 4.91. The number of nitrogens with one attached hydrogen (secondary N) is 1. The van der Waals surface area contributed by atoms with E-state index in [1.54, 1.807) is 13.0 Å². The van der Waals surface area contributed by atoms with E-state index < -0.39 is 11.7 Å². The number of aromatic nitrogens is 1. The molecule has 2 aromatic rings. The van der Waals surface area contributed by atoms with Gasteiger partial charge in [-0.15, -0.1) is 0 Å². The van der Waals surface area contributed by atoms with Crippen LogP contribution in [0, 0.1) is 29.6 Å². The molecule has 1 saturated carbocycles. The van der Waals surface area contributed by atoms with Gasteiger partial charge in [-0.25, -0.2) is 0 Å². The number of nitrogens with zero attached hydrogens (tertiary/aromatic N) is 1. The summed E-state index contributed by atoms with van der Waals surface area (Å²) in [4.78, 5) is 7.61. The maximum Gasteiger partial charge on any atom is 0.418 e. The van der Waals surface area contributed by atoms with Gasteiger partial charge in [-0.05, 0) is 73.6 Å². The number of benzene rings is 1. The molecule has 1 aromatic heterocycles. The van der Waals surface area contributed by atoms with E-state index in [0.717, 1.165) is 54.0 Å². The van der Waals surface area contributed by atoms with Gasteiger partial charge in [0.25, 0.3) is 0 Å². The zero-order valence-corrected chi connectivity index (χ0v) is 17.8. The van der Waals surface area contributed by atoms with Crippen molar-refractivity contribution in [1.29, 1.82) is 0 Å². The Morgan fingerprint density at radius 1 is 0.931 bits per heavy atom. The highest BCUT2D eigenvalue weighted by atomic mass is 19.4. The number of hydrogen-bond donors (Lipinski definition) is 1. The number of rotatable bonds is 5. The van der Waals surface area contributed by atoms with E-state index in [1.807, 2.05) is 12.1 Å². The summed E-state index contributed by atoms with van der Waals surface area (Å²) in [6.45, 7) is 11.2. The average molecular weight is 405 g/mol. The first-order chi connectivity index (χ1) is 13.6. The van der Waals surface area contributed by atoms with Crippen LogP contribution in [0.5, 0.6) is 0 Å². The van der Waals surface area contributed by atoms with Crippen molar-refractivity contribution in [2.75, 3.05) is 0 Å². The highest BCUT2D eigenvalue weighted by molar-refractivity contribution is 5.99. The SMILES string of the molecule is CC(=Nc1ccccc1C(F)(F)F)c1ccc(CCC2C(C)C(C)C(C)C2C)[nH]1. The van der Waals surface area contributed by atoms with Crippen molar-refractivity contribution in [3.05, 3.63) is 53.3 Å². The molecule has 4 unspecified atom stereocenters. The van der Waals surface area contributed by atoms with E-state index in [0.29, 0.717) is 11.6 Å². The van der Waals surface area contributed by atoms with Crippen LogP contribution in [0.1, 0.15) is 58.0 Å². The molecule has 1 aliphatic carbocycles. The van der Waals surface area contributed by atoms with Gasteiger partial charge in [-0.2, -0.15) is 13.2 Å². The topological polar surface area (TPSA) is 28.1 Å². The largest absolute Gasteiger partial charge is 0.418 e. The molecule has 0 saturated heterocycles. The predicted molar refractivity (Wildman–Crippen MR) is 113 cm³/mol. The highest BCUT2D eigenvalue weighted by Gasteiger charge is 2.40. The van der Waals surface area contributed by atoms with Crippen LogP contribution in [0.4, 0.5) is 18.9 Å². The number of aliphatic imine (C=N–C) groups is 1. The fourth-order valence-corrected chi connectivity index (χ4v) is 4.91. The Labute approximate surface area is 171 Å². The summed E-state index contributed by atoms with van der Waals surface area (Å²) in [6, 6.07) is 9.38. The van der Waals surface area contributed by atoms with E-state index in [2.05, 4.69) is 37.7 Å². The summed E-state index contributed by atoms with van der Waals surface area (Å²) in [5.74, 6) is 3.64. The number of aryl methyl sites for hydroxylation is 1. The molecule has 1 aromatic carbocycles. The number of H-pyrrole nitrogens is 1. The summed E-state index contributed by atoms with van der Waals surface area (Å²) in [5, 5.41) is 0. The monoisotopic (exact) mass is 404 g/mol. The molecule has 29 heavy (non-hydrogen) atoms. The van der Waals surface area contributed by atoms with E-state index in [1.165, 1.54) is 12.1 Å². The number of aromatic amines is 1. The van der Waals surface area contributed by atoms with Gasteiger partial charge >= 0.3 is 6.18 Å². The van der Waals surface area contributed by atoms with Crippen molar-refractivity contribution in [2.45, 2.75) is 53.6 Å². The lowest BCUT2D eigenvalue weighted by Crippen LogP contribution is -2.14. The molecule has 1 N–H and O–H groups in total. The Balaban J connectivity index is 1.71. The highest BCUT2D eigenvalue weighted by Crippen LogP contribution is 2.47. The smallest absolute Gasteiger partial charge is 0.357 e. The molecule has 1 fully saturated rings. The second-order valence-corrected chi connectivity index (χ2v) is 8.75. The molecule has 158 valence electrons. The Hall–Kier alpha value is -2.04. The maximum absolute atomic E-state index is 13.2. The third kappa shape index (κ3) is 4.59. The number of alkyl halides is 3. The number of halogens is 3. The summed E-state index contributed by atoms with van der Waals surface area (Å²) < 4.78 is 39.6. The van der Waals surface area contributed by atoms with E-state index in [9.17, 15) is 13.2 Å². The molecule has 2 nitrogen and oxygen atoms in total. The zero-order chi connectivity index (χ0) is 21.3.